The standard InChI is InChI=1S/C29H24N2O2S/c1-20-17-26-27(18-21(20)2)34-29(30-26)31(19-22-9-5-3-6-10-22)28(32)23-13-15-25(16-14-23)33-24-11-7-4-8-12-24/h3-18H,19H2,1-2H3. The van der Waals surface area contributed by atoms with E-state index in [-0.39, 0.29) is 5.91 Å². The van der Waals surface area contributed by atoms with Crippen LogP contribution in [0.2, 0.25) is 0 Å². The minimum atomic E-state index is -0.0948. The summed E-state index contributed by atoms with van der Waals surface area (Å²) in [4.78, 5) is 20.3. The smallest absolute Gasteiger partial charge is 0.260 e. The Kier molecular flexibility index (Phi) is 6.11. The molecule has 34 heavy (non-hydrogen) atoms. The van der Waals surface area contributed by atoms with Crippen molar-refractivity contribution in [2.24, 2.45) is 0 Å². The summed E-state index contributed by atoms with van der Waals surface area (Å²) in [6, 6.07) is 31.1. The number of aryl methyl sites for hydroxylation is 2. The summed E-state index contributed by atoms with van der Waals surface area (Å²) < 4.78 is 6.96. The Balaban J connectivity index is 1.47. The minimum absolute atomic E-state index is 0.0948. The largest absolute Gasteiger partial charge is 0.457 e. The van der Waals surface area contributed by atoms with Gasteiger partial charge in [-0.15, -0.1) is 0 Å². The van der Waals surface area contributed by atoms with Gasteiger partial charge in [0, 0.05) is 5.56 Å². The lowest BCUT2D eigenvalue weighted by molar-refractivity contribution is 0.0985. The van der Waals surface area contributed by atoms with E-state index in [0.717, 1.165) is 21.5 Å². The maximum absolute atomic E-state index is 13.7. The van der Waals surface area contributed by atoms with Crippen LogP contribution in [0.5, 0.6) is 11.5 Å². The highest BCUT2D eigenvalue weighted by Crippen LogP contribution is 2.33. The van der Waals surface area contributed by atoms with Crippen LogP contribution in [0.1, 0.15) is 27.0 Å². The van der Waals surface area contributed by atoms with E-state index in [1.54, 1.807) is 28.4 Å². The second-order valence-corrected chi connectivity index (χ2v) is 9.23. The fourth-order valence-electron chi connectivity index (χ4n) is 3.72. The van der Waals surface area contributed by atoms with Crippen molar-refractivity contribution in [2.45, 2.75) is 20.4 Å². The predicted molar refractivity (Wildman–Crippen MR) is 139 cm³/mol. The van der Waals surface area contributed by atoms with Gasteiger partial charge in [-0.1, -0.05) is 59.9 Å². The van der Waals surface area contributed by atoms with Gasteiger partial charge in [-0.25, -0.2) is 4.98 Å². The lowest BCUT2D eigenvalue weighted by Gasteiger charge is -2.20. The molecular weight excluding hydrogens is 440 g/mol. The molecule has 0 saturated carbocycles. The highest BCUT2D eigenvalue weighted by molar-refractivity contribution is 7.22. The molecule has 0 aliphatic rings. The summed E-state index contributed by atoms with van der Waals surface area (Å²) in [6.07, 6.45) is 0. The number of benzene rings is 4. The zero-order valence-corrected chi connectivity index (χ0v) is 19.9. The number of fused-ring (bicyclic) bond motifs is 1. The Bertz CT molecular complexity index is 1390. The van der Waals surface area contributed by atoms with E-state index in [1.807, 2.05) is 72.8 Å². The van der Waals surface area contributed by atoms with Gasteiger partial charge in [0.15, 0.2) is 5.13 Å². The molecule has 0 spiro atoms. The van der Waals surface area contributed by atoms with Crippen LogP contribution in [-0.2, 0) is 6.54 Å². The highest BCUT2D eigenvalue weighted by Gasteiger charge is 2.22. The van der Waals surface area contributed by atoms with Crippen molar-refractivity contribution in [2.75, 3.05) is 4.90 Å². The molecule has 5 heteroatoms. The summed E-state index contributed by atoms with van der Waals surface area (Å²) in [5.41, 5.74) is 4.96. The number of aromatic nitrogens is 1. The summed E-state index contributed by atoms with van der Waals surface area (Å²) in [6.45, 7) is 4.62. The Hall–Kier alpha value is -3.96. The number of anilines is 1. The molecule has 0 aliphatic heterocycles. The second kappa shape index (κ2) is 9.49. The number of para-hydroxylation sites is 1. The van der Waals surface area contributed by atoms with Gasteiger partial charge in [0.25, 0.3) is 5.91 Å². The maximum Gasteiger partial charge on any atom is 0.260 e. The molecule has 0 unspecified atom stereocenters. The summed E-state index contributed by atoms with van der Waals surface area (Å²) in [5, 5.41) is 0.693. The van der Waals surface area contributed by atoms with Crippen LogP contribution in [0.4, 0.5) is 5.13 Å². The molecule has 0 aliphatic carbocycles. The van der Waals surface area contributed by atoms with Gasteiger partial charge in [0.05, 0.1) is 16.8 Å². The van der Waals surface area contributed by atoms with Crippen molar-refractivity contribution in [1.29, 1.82) is 0 Å². The Morgan fingerprint density at radius 1 is 0.824 bits per heavy atom. The Morgan fingerprint density at radius 2 is 1.44 bits per heavy atom. The van der Waals surface area contributed by atoms with Crippen molar-refractivity contribution in [1.82, 2.24) is 4.98 Å². The summed E-state index contributed by atoms with van der Waals surface area (Å²) in [7, 11) is 0. The summed E-state index contributed by atoms with van der Waals surface area (Å²) >= 11 is 1.54. The number of hydrogen-bond donors (Lipinski definition) is 0. The van der Waals surface area contributed by atoms with Crippen LogP contribution in [0.3, 0.4) is 0 Å². The van der Waals surface area contributed by atoms with Gasteiger partial charge in [-0.2, -0.15) is 0 Å². The van der Waals surface area contributed by atoms with Crippen LogP contribution in [0.25, 0.3) is 10.2 Å². The number of carbonyl (C=O) groups is 1. The average Bonchev–Trinajstić information content (AvgIpc) is 3.26. The number of thiazole rings is 1. The molecule has 5 aromatic rings. The molecule has 0 atom stereocenters. The predicted octanol–water partition coefficient (Wildman–Crippen LogP) is 7.55. The lowest BCUT2D eigenvalue weighted by atomic mass is 10.1. The van der Waals surface area contributed by atoms with Crippen LogP contribution < -0.4 is 9.64 Å². The number of carbonyl (C=O) groups excluding carboxylic acids is 1. The first-order valence-corrected chi connectivity index (χ1v) is 11.9. The monoisotopic (exact) mass is 464 g/mol. The molecule has 1 amide bonds. The number of hydrogen-bond acceptors (Lipinski definition) is 4. The third kappa shape index (κ3) is 4.70. The molecule has 4 nitrogen and oxygen atoms in total. The molecule has 0 saturated heterocycles. The van der Waals surface area contributed by atoms with E-state index < -0.39 is 0 Å². The number of nitrogens with zero attached hydrogens (tertiary/aromatic N) is 2. The van der Waals surface area contributed by atoms with Gasteiger partial charge < -0.3 is 4.74 Å². The molecule has 168 valence electrons. The van der Waals surface area contributed by atoms with Gasteiger partial charge in [0.1, 0.15) is 11.5 Å². The summed E-state index contributed by atoms with van der Waals surface area (Å²) in [5.74, 6) is 1.35. The van der Waals surface area contributed by atoms with Crippen LogP contribution >= 0.6 is 11.3 Å². The van der Waals surface area contributed by atoms with E-state index in [9.17, 15) is 4.79 Å². The normalized spacial score (nSPS) is 10.9. The van der Waals surface area contributed by atoms with Crippen molar-refractivity contribution >= 4 is 32.6 Å². The van der Waals surface area contributed by atoms with Crippen molar-refractivity contribution in [3.63, 3.8) is 0 Å². The number of ether oxygens (including phenoxy) is 1. The molecule has 0 bridgehead atoms. The van der Waals surface area contributed by atoms with E-state index in [1.165, 1.54) is 11.1 Å². The average molecular weight is 465 g/mol. The Labute approximate surface area is 203 Å². The van der Waals surface area contributed by atoms with Crippen LogP contribution in [0, 0.1) is 13.8 Å². The lowest BCUT2D eigenvalue weighted by Crippen LogP contribution is -2.30. The van der Waals surface area contributed by atoms with Gasteiger partial charge in [-0.3, -0.25) is 9.69 Å². The first-order chi connectivity index (χ1) is 16.6. The second-order valence-electron chi connectivity index (χ2n) is 8.22. The fraction of sp³-hybridized carbons (Fsp3) is 0.103. The van der Waals surface area contributed by atoms with Gasteiger partial charge in [-0.05, 0) is 79.1 Å². The number of amides is 1. The molecule has 4 aromatic carbocycles. The van der Waals surface area contributed by atoms with E-state index in [4.69, 9.17) is 9.72 Å². The molecular formula is C29H24N2O2S. The molecule has 1 aromatic heterocycles. The first kappa shape index (κ1) is 21.9. The number of rotatable bonds is 6. The third-order valence-electron chi connectivity index (χ3n) is 5.73. The van der Waals surface area contributed by atoms with Crippen LogP contribution in [0.15, 0.2) is 97.1 Å². The van der Waals surface area contributed by atoms with Gasteiger partial charge >= 0.3 is 0 Å². The van der Waals surface area contributed by atoms with E-state index in [0.29, 0.717) is 23.0 Å². The van der Waals surface area contributed by atoms with Crippen molar-refractivity contribution in [3.8, 4) is 11.5 Å². The quantitative estimate of drug-likeness (QED) is 0.260. The minimum Gasteiger partial charge on any atom is -0.457 e. The first-order valence-electron chi connectivity index (χ1n) is 11.1. The molecule has 5 rings (SSSR count). The zero-order chi connectivity index (χ0) is 23.5. The van der Waals surface area contributed by atoms with E-state index in [2.05, 4.69) is 26.0 Å². The highest BCUT2D eigenvalue weighted by atomic mass is 32.1. The topological polar surface area (TPSA) is 42.4 Å². The van der Waals surface area contributed by atoms with Crippen LogP contribution in [-0.4, -0.2) is 10.9 Å². The van der Waals surface area contributed by atoms with Crippen molar-refractivity contribution in [3.05, 3.63) is 119 Å². The molecule has 1 heterocycles. The van der Waals surface area contributed by atoms with E-state index >= 15 is 0 Å². The van der Waals surface area contributed by atoms with Gasteiger partial charge in [0.2, 0.25) is 0 Å². The Morgan fingerprint density at radius 3 is 2.15 bits per heavy atom. The SMILES string of the molecule is Cc1cc2nc(N(Cc3ccccc3)C(=O)c3ccc(Oc4ccccc4)cc3)sc2cc1C. The molecule has 0 radical (unpaired) electrons. The molecule has 0 N–H and O–H groups in total. The third-order valence-corrected chi connectivity index (χ3v) is 6.77. The van der Waals surface area contributed by atoms with Crippen molar-refractivity contribution < 1.29 is 9.53 Å². The maximum atomic E-state index is 13.7. The zero-order valence-electron chi connectivity index (χ0n) is 19.1. The molecule has 0 fully saturated rings. The fourth-order valence-corrected chi connectivity index (χ4v) is 4.76.